The van der Waals surface area contributed by atoms with Crippen molar-refractivity contribution in [2.24, 2.45) is 39.4 Å². The monoisotopic (exact) mass is 796 g/mol. The van der Waals surface area contributed by atoms with Crippen LogP contribution in [0.15, 0.2) is 23.8 Å². The number of ether oxygens (including phenoxy) is 4. The third-order valence-corrected chi connectivity index (χ3v) is 15.8. The summed E-state index contributed by atoms with van der Waals surface area (Å²) in [5, 5.41) is 84.6. The molecule has 18 atom stereocenters. The Balaban J connectivity index is 1.25. The van der Waals surface area contributed by atoms with Crippen LogP contribution in [0.2, 0.25) is 0 Å². The van der Waals surface area contributed by atoms with Crippen LogP contribution in [-0.2, 0) is 28.6 Å². The molecule has 6 rings (SSSR count). The van der Waals surface area contributed by atoms with Gasteiger partial charge in [-0.15, -0.1) is 0 Å². The van der Waals surface area contributed by atoms with Crippen molar-refractivity contribution in [2.45, 2.75) is 186 Å². The van der Waals surface area contributed by atoms with Gasteiger partial charge in [0, 0.05) is 17.3 Å². The fraction of sp³-hybridized carbons (Fsp3) is 0.881. The highest BCUT2D eigenvalue weighted by Crippen LogP contribution is 2.74. The Morgan fingerprint density at radius 2 is 1.55 bits per heavy atom. The Hall–Kier alpha value is -1.37. The molecular weight excluding hydrogens is 728 g/mol. The highest BCUT2D eigenvalue weighted by atomic mass is 17.1. The average Bonchev–Trinajstić information content (AvgIpc) is 3.40. The first-order valence-electron chi connectivity index (χ1n) is 20.5. The number of fused-ring (bicyclic) bond motifs is 5. The van der Waals surface area contributed by atoms with Crippen LogP contribution in [0.4, 0.5) is 0 Å². The molecular formula is C42H68O14. The van der Waals surface area contributed by atoms with Gasteiger partial charge in [0.05, 0.1) is 24.4 Å². The molecule has 6 aliphatic rings. The SMILES string of the molecule is C[C@@H]1O[C@@H](O[C@H]2[C@H](OC3CCC4C(=CCC5C4(C)C(=O)CC4(C)C(C(C)(O)C/C=C/C(C)(C)OO)CCC54C)C3(C)C)O[C@H](CO)[C@@H](O)[C@@H]2O)[C@H](O)[C@H](O)[C@H]1O. The van der Waals surface area contributed by atoms with E-state index in [2.05, 4.69) is 45.6 Å². The Labute approximate surface area is 330 Å². The third kappa shape index (κ3) is 6.99. The largest absolute Gasteiger partial charge is 0.394 e. The second-order valence-corrected chi connectivity index (χ2v) is 19.9. The van der Waals surface area contributed by atoms with Crippen molar-refractivity contribution in [1.29, 1.82) is 0 Å². The number of hydrogen-bond acceptors (Lipinski definition) is 14. The van der Waals surface area contributed by atoms with E-state index < -0.39 is 102 Å². The lowest BCUT2D eigenvalue weighted by molar-refractivity contribution is -0.372. The van der Waals surface area contributed by atoms with Crippen LogP contribution in [-0.4, -0.2) is 132 Å². The molecule has 56 heavy (non-hydrogen) atoms. The molecule has 0 aromatic rings. The van der Waals surface area contributed by atoms with Gasteiger partial charge in [0.2, 0.25) is 0 Å². The Morgan fingerprint density at radius 1 is 0.875 bits per heavy atom. The third-order valence-electron chi connectivity index (χ3n) is 15.8. The van der Waals surface area contributed by atoms with Crippen molar-refractivity contribution in [3.8, 4) is 0 Å². The molecule has 8 unspecified atom stereocenters. The summed E-state index contributed by atoms with van der Waals surface area (Å²) in [5.74, 6) is 0.0632. The first-order valence-corrected chi connectivity index (χ1v) is 20.5. The van der Waals surface area contributed by atoms with Crippen LogP contribution in [0.5, 0.6) is 0 Å². The Kier molecular flexibility index (Phi) is 12.0. The van der Waals surface area contributed by atoms with Gasteiger partial charge in [-0.2, -0.15) is 0 Å². The summed E-state index contributed by atoms with van der Waals surface area (Å²) in [6.45, 7) is 17.0. The molecule has 3 saturated carbocycles. The number of Topliss-reactive ketones (excluding diaryl/α,β-unsaturated/α-hetero) is 1. The number of carbonyl (C=O) groups is 1. The standard InChI is InChI=1S/C42H68O14/c1-21-29(45)31(47)33(49)35(52-21)55-34-32(48)30(46)24(20-43)53-36(34)54-28-14-12-23-22(38(28,4)5)11-13-26-39(6)18-15-25(40(39,7)19-27(44)42(23,26)9)41(8,50)17-10-16-37(2,3)56-51/h10-11,16,21,23-26,28-36,43,45-51H,12-15,17-20H2,1-9H3/b16-10+/t21-,23?,24+,25?,26?,28?,29-,30+,31+,32-,33+,34+,35-,36-,39?,40?,41?,42?/m0/s1. The van der Waals surface area contributed by atoms with Gasteiger partial charge in [-0.1, -0.05) is 58.4 Å². The number of aliphatic hydroxyl groups is 7. The minimum absolute atomic E-state index is 0.0425. The minimum Gasteiger partial charge on any atom is -0.394 e. The Bertz CT molecular complexity index is 1510. The number of rotatable bonds is 10. The maximum atomic E-state index is 14.8. The molecule has 0 bridgehead atoms. The molecule has 0 radical (unpaired) electrons. The first kappa shape index (κ1) is 44.2. The lowest BCUT2D eigenvalue weighted by Gasteiger charge is -2.65. The van der Waals surface area contributed by atoms with E-state index in [1.54, 1.807) is 19.9 Å². The van der Waals surface area contributed by atoms with E-state index in [0.717, 1.165) is 18.4 Å². The molecule has 5 fully saturated rings. The lowest BCUT2D eigenvalue weighted by atomic mass is 9.38. The lowest BCUT2D eigenvalue weighted by Crippen LogP contribution is -2.65. The van der Waals surface area contributed by atoms with E-state index in [-0.39, 0.29) is 29.0 Å². The second kappa shape index (κ2) is 15.3. The van der Waals surface area contributed by atoms with E-state index in [1.807, 2.05) is 13.0 Å². The van der Waals surface area contributed by atoms with Crippen LogP contribution in [0.1, 0.15) is 107 Å². The topological polar surface area (TPSA) is 225 Å². The van der Waals surface area contributed by atoms with Crippen LogP contribution in [0.3, 0.4) is 0 Å². The van der Waals surface area contributed by atoms with Crippen molar-refractivity contribution in [1.82, 2.24) is 0 Å². The molecule has 4 aliphatic carbocycles. The molecule has 0 aromatic carbocycles. The summed E-state index contributed by atoms with van der Waals surface area (Å²) >= 11 is 0. The van der Waals surface area contributed by atoms with Crippen molar-refractivity contribution in [3.05, 3.63) is 23.8 Å². The van der Waals surface area contributed by atoms with Gasteiger partial charge in [-0.05, 0) is 94.8 Å². The fourth-order valence-corrected chi connectivity index (χ4v) is 12.2. The van der Waals surface area contributed by atoms with Crippen LogP contribution < -0.4 is 0 Å². The normalized spacial score (nSPS) is 49.2. The highest BCUT2D eigenvalue weighted by molar-refractivity contribution is 5.88. The van der Waals surface area contributed by atoms with E-state index in [0.29, 0.717) is 32.1 Å². The molecule has 14 heteroatoms. The summed E-state index contributed by atoms with van der Waals surface area (Å²) < 4.78 is 24.3. The molecule has 8 N–H and O–H groups in total. The van der Waals surface area contributed by atoms with Crippen LogP contribution in [0.25, 0.3) is 0 Å². The second-order valence-electron chi connectivity index (χ2n) is 19.9. The molecule has 2 heterocycles. The van der Waals surface area contributed by atoms with Crippen LogP contribution in [0, 0.1) is 39.4 Å². The predicted molar refractivity (Wildman–Crippen MR) is 201 cm³/mol. The van der Waals surface area contributed by atoms with Gasteiger partial charge < -0.3 is 54.7 Å². The first-order chi connectivity index (χ1) is 25.9. The Morgan fingerprint density at radius 3 is 2.20 bits per heavy atom. The summed E-state index contributed by atoms with van der Waals surface area (Å²) in [7, 11) is 0. The molecule has 2 saturated heterocycles. The molecule has 0 aromatic heterocycles. The number of ketones is 1. The molecule has 14 nitrogen and oxygen atoms in total. The highest BCUT2D eigenvalue weighted by Gasteiger charge is 2.71. The van der Waals surface area contributed by atoms with Crippen molar-refractivity contribution in [3.63, 3.8) is 0 Å². The van der Waals surface area contributed by atoms with E-state index in [1.165, 1.54) is 6.92 Å². The zero-order valence-electron chi connectivity index (χ0n) is 34.5. The van der Waals surface area contributed by atoms with Gasteiger partial charge in [0.15, 0.2) is 12.6 Å². The molecule has 2 aliphatic heterocycles. The summed E-state index contributed by atoms with van der Waals surface area (Å²) in [6.07, 6.45) is -4.58. The van der Waals surface area contributed by atoms with Gasteiger partial charge in [0.1, 0.15) is 54.1 Å². The smallest absolute Gasteiger partial charge is 0.187 e. The van der Waals surface area contributed by atoms with E-state index >= 15 is 0 Å². The maximum Gasteiger partial charge on any atom is 0.187 e. The maximum absolute atomic E-state index is 14.8. The number of hydrogen-bond donors (Lipinski definition) is 8. The molecule has 0 amide bonds. The van der Waals surface area contributed by atoms with E-state index in [9.17, 15) is 45.8 Å². The van der Waals surface area contributed by atoms with Gasteiger partial charge in [-0.3, -0.25) is 10.1 Å². The van der Waals surface area contributed by atoms with Crippen LogP contribution >= 0.6 is 0 Å². The van der Waals surface area contributed by atoms with Gasteiger partial charge in [-0.25, -0.2) is 4.89 Å². The van der Waals surface area contributed by atoms with E-state index in [4.69, 9.17) is 18.9 Å². The van der Waals surface area contributed by atoms with Crippen molar-refractivity contribution < 1.29 is 69.6 Å². The minimum atomic E-state index is -1.68. The zero-order valence-corrected chi connectivity index (χ0v) is 34.5. The quantitative estimate of drug-likeness (QED) is 0.0905. The molecule has 0 spiro atoms. The van der Waals surface area contributed by atoms with Gasteiger partial charge in [0.25, 0.3) is 0 Å². The van der Waals surface area contributed by atoms with Crippen molar-refractivity contribution >= 4 is 5.78 Å². The number of aliphatic hydroxyl groups excluding tert-OH is 6. The number of carbonyl (C=O) groups excluding carboxylic acids is 1. The molecule has 320 valence electrons. The van der Waals surface area contributed by atoms with Gasteiger partial charge >= 0.3 is 0 Å². The number of allylic oxidation sites excluding steroid dienone is 1. The summed E-state index contributed by atoms with van der Waals surface area (Å²) in [4.78, 5) is 19.4. The predicted octanol–water partition coefficient (Wildman–Crippen LogP) is 2.77. The average molecular weight is 797 g/mol. The summed E-state index contributed by atoms with van der Waals surface area (Å²) in [5.41, 5.74) is -2.82. The summed E-state index contributed by atoms with van der Waals surface area (Å²) in [6, 6.07) is 0. The van der Waals surface area contributed by atoms with Crippen molar-refractivity contribution in [2.75, 3.05) is 6.61 Å². The zero-order chi connectivity index (χ0) is 41.6. The fourth-order valence-electron chi connectivity index (χ4n) is 12.2.